The second kappa shape index (κ2) is 11.0. The fourth-order valence-electron chi connectivity index (χ4n) is 3.45. The van der Waals surface area contributed by atoms with E-state index >= 15 is 0 Å². The molecule has 2 aromatic carbocycles. The molecule has 0 saturated carbocycles. The molecule has 156 valence electrons. The van der Waals surface area contributed by atoms with Gasteiger partial charge in [-0.15, -0.1) is 0 Å². The Balaban J connectivity index is 1.68. The van der Waals surface area contributed by atoms with E-state index in [2.05, 4.69) is 27.3 Å². The smallest absolute Gasteiger partial charge is 0.167 e. The quantitative estimate of drug-likeness (QED) is 0.314. The van der Waals surface area contributed by atoms with Gasteiger partial charge in [-0.05, 0) is 62.9 Å². The van der Waals surface area contributed by atoms with Crippen molar-refractivity contribution in [1.29, 1.82) is 0 Å². The van der Waals surface area contributed by atoms with Gasteiger partial charge in [-0.3, -0.25) is 0 Å². The first-order valence-corrected chi connectivity index (χ1v) is 11.1. The predicted octanol–water partition coefficient (Wildman–Crippen LogP) is 6.81. The van der Waals surface area contributed by atoms with E-state index in [4.69, 9.17) is 21.1 Å². The summed E-state index contributed by atoms with van der Waals surface area (Å²) in [4.78, 5) is 0. The molecule has 0 aliphatic heterocycles. The summed E-state index contributed by atoms with van der Waals surface area (Å²) >= 11 is 9.77. The molecule has 0 amide bonds. The van der Waals surface area contributed by atoms with E-state index < -0.39 is 0 Å². The van der Waals surface area contributed by atoms with Gasteiger partial charge < -0.3 is 14.8 Å². The molecule has 0 spiro atoms. The highest BCUT2D eigenvalue weighted by Gasteiger charge is 2.16. The van der Waals surface area contributed by atoms with Crippen molar-refractivity contribution in [2.45, 2.75) is 45.3 Å². The van der Waals surface area contributed by atoms with Crippen LogP contribution in [0.4, 0.5) is 4.39 Å². The summed E-state index contributed by atoms with van der Waals surface area (Å²) in [5, 5.41) is 3.86. The standard InChI is InChI=1S/C23H26BrClFNO2/c1-28-22-10-9-20(24)19(14-27-12-11-16-5-3-2-4-6-16)23(22)29-15-17-7-8-18(26)13-21(17)25/h5,7-10,13,27H,2-4,6,11-12,14-15H2,1H3. The maximum absolute atomic E-state index is 13.3. The molecule has 3 nitrogen and oxygen atoms in total. The van der Waals surface area contributed by atoms with Crippen LogP contribution in [0.15, 0.2) is 46.5 Å². The first kappa shape index (κ1) is 22.1. The highest BCUT2D eigenvalue weighted by molar-refractivity contribution is 9.10. The molecule has 3 rings (SSSR count). The summed E-state index contributed by atoms with van der Waals surface area (Å²) in [5.74, 6) is 0.946. The number of methoxy groups -OCH3 is 1. The Kier molecular flexibility index (Phi) is 8.40. The molecule has 2 aromatic rings. The maximum atomic E-state index is 13.3. The Morgan fingerprint density at radius 3 is 2.79 bits per heavy atom. The van der Waals surface area contributed by atoms with Gasteiger partial charge in [0.2, 0.25) is 0 Å². The molecule has 0 fully saturated rings. The summed E-state index contributed by atoms with van der Waals surface area (Å²) in [6.07, 6.45) is 8.50. The summed E-state index contributed by atoms with van der Waals surface area (Å²) in [6.45, 7) is 1.79. The van der Waals surface area contributed by atoms with Crippen molar-refractivity contribution < 1.29 is 13.9 Å². The van der Waals surface area contributed by atoms with Crippen molar-refractivity contribution in [1.82, 2.24) is 5.32 Å². The van der Waals surface area contributed by atoms with E-state index in [1.807, 2.05) is 12.1 Å². The maximum Gasteiger partial charge on any atom is 0.167 e. The second-order valence-electron chi connectivity index (χ2n) is 7.12. The molecule has 0 bridgehead atoms. The Morgan fingerprint density at radius 2 is 2.07 bits per heavy atom. The number of ether oxygens (including phenoxy) is 2. The van der Waals surface area contributed by atoms with E-state index in [0.29, 0.717) is 23.1 Å². The van der Waals surface area contributed by atoms with Crippen molar-refractivity contribution in [2.75, 3.05) is 13.7 Å². The third kappa shape index (κ3) is 6.21. The minimum atomic E-state index is -0.364. The number of rotatable bonds is 9. The minimum Gasteiger partial charge on any atom is -0.493 e. The monoisotopic (exact) mass is 481 g/mol. The zero-order valence-electron chi connectivity index (χ0n) is 16.6. The highest BCUT2D eigenvalue weighted by atomic mass is 79.9. The van der Waals surface area contributed by atoms with Crippen LogP contribution in [0.5, 0.6) is 11.5 Å². The Labute approximate surface area is 185 Å². The first-order chi connectivity index (χ1) is 14.1. The lowest BCUT2D eigenvalue weighted by molar-refractivity contribution is 0.280. The normalized spacial score (nSPS) is 13.9. The molecule has 29 heavy (non-hydrogen) atoms. The lowest BCUT2D eigenvalue weighted by atomic mass is 9.97. The van der Waals surface area contributed by atoms with Crippen LogP contribution in [-0.4, -0.2) is 13.7 Å². The van der Waals surface area contributed by atoms with E-state index in [9.17, 15) is 4.39 Å². The van der Waals surface area contributed by atoms with E-state index in [1.54, 1.807) is 18.7 Å². The molecule has 1 N–H and O–H groups in total. The lowest BCUT2D eigenvalue weighted by Gasteiger charge is -2.18. The van der Waals surface area contributed by atoms with Gasteiger partial charge in [0, 0.05) is 22.1 Å². The summed E-state index contributed by atoms with van der Waals surface area (Å²) in [7, 11) is 1.62. The van der Waals surface area contributed by atoms with Crippen molar-refractivity contribution >= 4 is 27.5 Å². The van der Waals surface area contributed by atoms with Gasteiger partial charge in [-0.2, -0.15) is 0 Å². The predicted molar refractivity (Wildman–Crippen MR) is 119 cm³/mol. The molecule has 0 aromatic heterocycles. The number of nitrogens with one attached hydrogen (secondary N) is 1. The lowest BCUT2D eigenvalue weighted by Crippen LogP contribution is -2.17. The summed E-state index contributed by atoms with van der Waals surface area (Å²) in [5.41, 5.74) is 3.26. The van der Waals surface area contributed by atoms with Crippen LogP contribution >= 0.6 is 27.5 Å². The zero-order chi connectivity index (χ0) is 20.6. The molecule has 0 radical (unpaired) electrons. The number of halogens is 3. The van der Waals surface area contributed by atoms with Crippen molar-refractivity contribution in [2.24, 2.45) is 0 Å². The molecular formula is C23H26BrClFNO2. The fourth-order valence-corrected chi connectivity index (χ4v) is 4.12. The largest absolute Gasteiger partial charge is 0.493 e. The molecule has 0 heterocycles. The van der Waals surface area contributed by atoms with Gasteiger partial charge in [-0.1, -0.05) is 45.2 Å². The number of hydrogen-bond donors (Lipinski definition) is 1. The molecule has 0 saturated heterocycles. The SMILES string of the molecule is COc1ccc(Br)c(CNCCC2=CCCCC2)c1OCc1ccc(F)cc1Cl. The molecular weight excluding hydrogens is 457 g/mol. The Hall–Kier alpha value is -1.56. The molecule has 0 atom stereocenters. The molecule has 6 heteroatoms. The van der Waals surface area contributed by atoms with E-state index in [1.165, 1.54) is 37.8 Å². The third-order valence-corrected chi connectivity index (χ3v) is 6.18. The fraction of sp³-hybridized carbons (Fsp3) is 0.391. The van der Waals surface area contributed by atoms with Crippen LogP contribution in [0, 0.1) is 5.82 Å². The Morgan fingerprint density at radius 1 is 1.21 bits per heavy atom. The van der Waals surface area contributed by atoms with Gasteiger partial charge in [-0.25, -0.2) is 4.39 Å². The van der Waals surface area contributed by atoms with Crippen LogP contribution in [0.2, 0.25) is 5.02 Å². The number of hydrogen-bond acceptors (Lipinski definition) is 3. The van der Waals surface area contributed by atoms with Crippen LogP contribution in [-0.2, 0) is 13.2 Å². The third-order valence-electron chi connectivity index (χ3n) is 5.08. The second-order valence-corrected chi connectivity index (χ2v) is 8.38. The van der Waals surface area contributed by atoms with E-state index in [0.717, 1.165) is 28.6 Å². The van der Waals surface area contributed by atoms with Crippen LogP contribution in [0.1, 0.15) is 43.2 Å². The van der Waals surface area contributed by atoms with Gasteiger partial charge in [0.05, 0.1) is 12.1 Å². The first-order valence-electron chi connectivity index (χ1n) is 9.89. The van der Waals surface area contributed by atoms with Gasteiger partial charge in [0.25, 0.3) is 0 Å². The minimum absolute atomic E-state index is 0.228. The van der Waals surface area contributed by atoms with Crippen LogP contribution in [0.25, 0.3) is 0 Å². The zero-order valence-corrected chi connectivity index (χ0v) is 18.9. The molecule has 1 aliphatic rings. The Bertz CT molecular complexity index is 872. The van der Waals surface area contributed by atoms with Crippen LogP contribution in [0.3, 0.4) is 0 Å². The summed E-state index contributed by atoms with van der Waals surface area (Å²) < 4.78 is 25.8. The summed E-state index contributed by atoms with van der Waals surface area (Å²) in [6, 6.07) is 8.13. The molecule has 1 aliphatic carbocycles. The van der Waals surface area contributed by atoms with Crippen molar-refractivity contribution in [3.8, 4) is 11.5 Å². The van der Waals surface area contributed by atoms with Crippen molar-refractivity contribution in [3.05, 3.63) is 68.4 Å². The van der Waals surface area contributed by atoms with Gasteiger partial charge in [0.1, 0.15) is 12.4 Å². The van der Waals surface area contributed by atoms with E-state index in [-0.39, 0.29) is 12.4 Å². The van der Waals surface area contributed by atoms with Crippen molar-refractivity contribution in [3.63, 3.8) is 0 Å². The van der Waals surface area contributed by atoms with Gasteiger partial charge in [0.15, 0.2) is 11.5 Å². The number of allylic oxidation sites excluding steroid dienone is 1. The average molecular weight is 483 g/mol. The van der Waals surface area contributed by atoms with Crippen LogP contribution < -0.4 is 14.8 Å². The number of benzene rings is 2. The average Bonchev–Trinajstić information content (AvgIpc) is 2.72. The van der Waals surface area contributed by atoms with Gasteiger partial charge >= 0.3 is 0 Å². The topological polar surface area (TPSA) is 30.5 Å². The highest BCUT2D eigenvalue weighted by Crippen LogP contribution is 2.37. The molecule has 0 unspecified atom stereocenters.